The summed E-state index contributed by atoms with van der Waals surface area (Å²) in [5.41, 5.74) is 0. The highest BCUT2D eigenvalue weighted by Crippen LogP contribution is 2.23. The van der Waals surface area contributed by atoms with Crippen LogP contribution in [0.2, 0.25) is 0 Å². The molecule has 2 atom stereocenters. The van der Waals surface area contributed by atoms with E-state index >= 15 is 0 Å². The summed E-state index contributed by atoms with van der Waals surface area (Å²) in [6.07, 6.45) is -5.20. The van der Waals surface area contributed by atoms with Gasteiger partial charge in [-0.05, 0) is 13.3 Å². The monoisotopic (exact) mass is 212 g/mol. The molecule has 0 fully saturated rings. The number of rotatable bonds is 4. The Balaban J connectivity index is 4.06. The minimum atomic E-state index is -4.47. The Morgan fingerprint density at radius 1 is 1.36 bits per heavy atom. The molecule has 0 aromatic rings. The molecule has 2 nitrogen and oxygen atoms in total. The molecule has 2 unspecified atom stereocenters. The van der Waals surface area contributed by atoms with Crippen LogP contribution >= 0.6 is 0 Å². The van der Waals surface area contributed by atoms with Gasteiger partial charge in [0, 0.05) is 0 Å². The number of hydrogen-bond acceptors (Lipinski definition) is 2. The molecule has 0 saturated heterocycles. The van der Waals surface area contributed by atoms with Gasteiger partial charge in [-0.25, -0.2) is 0 Å². The highest BCUT2D eigenvalue weighted by molar-refractivity contribution is 5.72. The SMILES string of the molecule is CCCC(C)C(=O)OC(C)C(F)(F)F. The molecule has 0 aromatic carbocycles. The third kappa shape index (κ3) is 4.48. The van der Waals surface area contributed by atoms with E-state index in [9.17, 15) is 18.0 Å². The number of carbonyl (C=O) groups excluding carboxylic acids is 1. The van der Waals surface area contributed by atoms with E-state index in [0.717, 1.165) is 13.3 Å². The Bertz CT molecular complexity index is 189. The molecule has 5 heteroatoms. The zero-order chi connectivity index (χ0) is 11.4. The molecule has 0 rings (SSSR count). The van der Waals surface area contributed by atoms with Crippen molar-refractivity contribution in [1.29, 1.82) is 0 Å². The van der Waals surface area contributed by atoms with Crippen LogP contribution < -0.4 is 0 Å². The number of carbonyl (C=O) groups is 1. The van der Waals surface area contributed by atoms with Crippen molar-refractivity contribution in [3.05, 3.63) is 0 Å². The van der Waals surface area contributed by atoms with E-state index in [1.54, 1.807) is 6.92 Å². The van der Waals surface area contributed by atoms with Crippen molar-refractivity contribution in [2.24, 2.45) is 5.92 Å². The fraction of sp³-hybridized carbons (Fsp3) is 0.889. The van der Waals surface area contributed by atoms with Crippen LogP contribution in [0.15, 0.2) is 0 Å². The Morgan fingerprint density at radius 3 is 2.21 bits per heavy atom. The average molecular weight is 212 g/mol. The fourth-order valence-electron chi connectivity index (χ4n) is 0.908. The van der Waals surface area contributed by atoms with Crippen molar-refractivity contribution in [3.8, 4) is 0 Å². The molecule has 0 aromatic heterocycles. The summed E-state index contributed by atoms with van der Waals surface area (Å²) in [4.78, 5) is 11.1. The zero-order valence-corrected chi connectivity index (χ0v) is 8.52. The first-order valence-corrected chi connectivity index (χ1v) is 4.56. The van der Waals surface area contributed by atoms with E-state index in [1.807, 2.05) is 6.92 Å². The van der Waals surface area contributed by atoms with Crippen LogP contribution in [0.4, 0.5) is 13.2 Å². The second-order valence-corrected chi connectivity index (χ2v) is 3.31. The number of ether oxygens (including phenoxy) is 1. The lowest BCUT2D eigenvalue weighted by Gasteiger charge is -2.18. The largest absolute Gasteiger partial charge is 0.453 e. The Kier molecular flexibility index (Phi) is 4.94. The molecule has 84 valence electrons. The van der Waals surface area contributed by atoms with Crippen molar-refractivity contribution in [2.75, 3.05) is 0 Å². The Hall–Kier alpha value is -0.740. The van der Waals surface area contributed by atoms with Crippen LogP contribution in [0.3, 0.4) is 0 Å². The molecule has 0 bridgehead atoms. The maximum Gasteiger partial charge on any atom is 0.425 e. The molecule has 0 spiro atoms. The van der Waals surface area contributed by atoms with Gasteiger partial charge in [-0.1, -0.05) is 20.3 Å². The number of alkyl halides is 3. The third-order valence-electron chi connectivity index (χ3n) is 1.88. The lowest BCUT2D eigenvalue weighted by molar-refractivity contribution is -0.218. The van der Waals surface area contributed by atoms with Crippen molar-refractivity contribution >= 4 is 5.97 Å². The first-order valence-electron chi connectivity index (χ1n) is 4.56. The van der Waals surface area contributed by atoms with E-state index in [0.29, 0.717) is 6.42 Å². The first-order chi connectivity index (χ1) is 6.29. The van der Waals surface area contributed by atoms with Crippen LogP contribution in [0, 0.1) is 5.92 Å². The van der Waals surface area contributed by atoms with E-state index in [1.165, 1.54) is 0 Å². The van der Waals surface area contributed by atoms with E-state index in [4.69, 9.17) is 0 Å². The van der Waals surface area contributed by atoms with Crippen molar-refractivity contribution in [3.63, 3.8) is 0 Å². The van der Waals surface area contributed by atoms with E-state index in [2.05, 4.69) is 4.74 Å². The molecular weight excluding hydrogens is 197 g/mol. The summed E-state index contributed by atoms with van der Waals surface area (Å²) < 4.78 is 40.2. The maximum atomic E-state index is 12.0. The Morgan fingerprint density at radius 2 is 1.86 bits per heavy atom. The standard InChI is InChI=1S/C9H15F3O2/c1-4-5-6(2)8(13)14-7(3)9(10,11)12/h6-7H,4-5H2,1-3H3. The van der Waals surface area contributed by atoms with Gasteiger partial charge in [-0.2, -0.15) is 13.2 Å². The predicted octanol–water partition coefficient (Wildman–Crippen LogP) is 2.92. The summed E-state index contributed by atoms with van der Waals surface area (Å²) in [5.74, 6) is -1.25. The van der Waals surface area contributed by atoms with Crippen molar-refractivity contribution < 1.29 is 22.7 Å². The minimum Gasteiger partial charge on any atom is -0.453 e. The smallest absolute Gasteiger partial charge is 0.425 e. The maximum absolute atomic E-state index is 12.0. The molecule has 0 aliphatic heterocycles. The highest BCUT2D eigenvalue weighted by atomic mass is 19.4. The van der Waals surface area contributed by atoms with Gasteiger partial charge in [0.05, 0.1) is 5.92 Å². The lowest BCUT2D eigenvalue weighted by Crippen LogP contribution is -2.32. The fourth-order valence-corrected chi connectivity index (χ4v) is 0.908. The number of halogens is 3. The van der Waals surface area contributed by atoms with Crippen LogP contribution in [0.5, 0.6) is 0 Å². The second kappa shape index (κ2) is 5.22. The molecule has 0 amide bonds. The first kappa shape index (κ1) is 13.3. The van der Waals surface area contributed by atoms with Crippen LogP contribution in [0.1, 0.15) is 33.6 Å². The normalized spacial score (nSPS) is 16.1. The van der Waals surface area contributed by atoms with Gasteiger partial charge in [-0.15, -0.1) is 0 Å². The second-order valence-electron chi connectivity index (χ2n) is 3.31. The summed E-state index contributed by atoms with van der Waals surface area (Å²) in [7, 11) is 0. The van der Waals surface area contributed by atoms with Gasteiger partial charge in [0.2, 0.25) is 0 Å². The molecular formula is C9H15F3O2. The molecule has 0 radical (unpaired) electrons. The molecule has 14 heavy (non-hydrogen) atoms. The van der Waals surface area contributed by atoms with E-state index in [-0.39, 0.29) is 0 Å². The molecule has 0 saturated carbocycles. The average Bonchev–Trinajstić information content (AvgIpc) is 2.02. The number of esters is 1. The Labute approximate surface area is 81.4 Å². The van der Waals surface area contributed by atoms with Gasteiger partial charge in [0.25, 0.3) is 0 Å². The summed E-state index contributed by atoms with van der Waals surface area (Å²) in [6, 6.07) is 0. The third-order valence-corrected chi connectivity index (χ3v) is 1.88. The molecule has 0 N–H and O–H groups in total. The highest BCUT2D eigenvalue weighted by Gasteiger charge is 2.39. The zero-order valence-electron chi connectivity index (χ0n) is 8.52. The van der Waals surface area contributed by atoms with Gasteiger partial charge in [-0.3, -0.25) is 4.79 Å². The predicted molar refractivity (Wildman–Crippen MR) is 45.7 cm³/mol. The number of hydrogen-bond donors (Lipinski definition) is 0. The van der Waals surface area contributed by atoms with Crippen LogP contribution in [0.25, 0.3) is 0 Å². The van der Waals surface area contributed by atoms with Gasteiger partial charge >= 0.3 is 12.1 Å². The van der Waals surface area contributed by atoms with Gasteiger partial charge < -0.3 is 4.74 Å². The molecule has 0 aliphatic rings. The van der Waals surface area contributed by atoms with Crippen molar-refractivity contribution in [1.82, 2.24) is 0 Å². The molecule has 0 heterocycles. The molecule has 0 aliphatic carbocycles. The minimum absolute atomic E-state index is 0.468. The van der Waals surface area contributed by atoms with Crippen LogP contribution in [-0.2, 0) is 9.53 Å². The lowest BCUT2D eigenvalue weighted by atomic mass is 10.1. The van der Waals surface area contributed by atoms with Gasteiger partial charge in [0.1, 0.15) is 0 Å². The quantitative estimate of drug-likeness (QED) is 0.670. The summed E-state index contributed by atoms with van der Waals surface area (Å²) >= 11 is 0. The van der Waals surface area contributed by atoms with E-state index < -0.39 is 24.2 Å². The summed E-state index contributed by atoms with van der Waals surface area (Å²) in [5, 5.41) is 0. The topological polar surface area (TPSA) is 26.3 Å². The van der Waals surface area contributed by atoms with Gasteiger partial charge in [0.15, 0.2) is 6.10 Å². The van der Waals surface area contributed by atoms with Crippen molar-refractivity contribution in [2.45, 2.75) is 45.9 Å². The van der Waals surface area contributed by atoms with Crippen LogP contribution in [-0.4, -0.2) is 18.2 Å². The summed E-state index contributed by atoms with van der Waals surface area (Å²) in [6.45, 7) is 4.25.